The smallest absolute Gasteiger partial charge is 0.105 e. The van der Waals surface area contributed by atoms with E-state index in [1.54, 1.807) is 12.1 Å². The van der Waals surface area contributed by atoms with Crippen molar-refractivity contribution < 1.29 is 5.11 Å². The van der Waals surface area contributed by atoms with Gasteiger partial charge in [-0.3, -0.25) is 0 Å². The van der Waals surface area contributed by atoms with Crippen LogP contribution in [0.4, 0.5) is 5.69 Å². The Labute approximate surface area is 157 Å². The molecule has 1 N–H and O–H groups in total. The summed E-state index contributed by atoms with van der Waals surface area (Å²) in [5.41, 5.74) is 15.1. The zero-order valence-electron chi connectivity index (χ0n) is 14.5. The van der Waals surface area contributed by atoms with Crippen LogP contribution in [0.3, 0.4) is 0 Å². The molecule has 0 bridgehead atoms. The molecule has 3 aromatic carbocycles. The molecular formula is C23H17N3O. The molecule has 27 heavy (non-hydrogen) atoms. The normalized spacial score (nSPS) is 15.0. The van der Waals surface area contributed by atoms with Crippen LogP contribution in [-0.2, 0) is 0 Å². The summed E-state index contributed by atoms with van der Waals surface area (Å²) < 4.78 is 0. The van der Waals surface area contributed by atoms with Crippen LogP contribution in [0, 0.1) is 0 Å². The molecule has 1 atom stereocenters. The van der Waals surface area contributed by atoms with Crippen LogP contribution >= 0.6 is 0 Å². The molecule has 0 saturated heterocycles. The van der Waals surface area contributed by atoms with E-state index in [4.69, 9.17) is 5.53 Å². The monoisotopic (exact) mass is 351 g/mol. The lowest BCUT2D eigenvalue weighted by atomic mass is 9.96. The lowest BCUT2D eigenvalue weighted by Crippen LogP contribution is -1.99. The van der Waals surface area contributed by atoms with E-state index in [0.29, 0.717) is 5.69 Å². The molecule has 4 nitrogen and oxygen atoms in total. The highest BCUT2D eigenvalue weighted by molar-refractivity contribution is 6.02. The van der Waals surface area contributed by atoms with Crippen LogP contribution in [0.2, 0.25) is 0 Å². The fourth-order valence-corrected chi connectivity index (χ4v) is 3.34. The molecule has 0 fully saturated rings. The summed E-state index contributed by atoms with van der Waals surface area (Å²) in [6.07, 6.45) is 3.44. The Hall–Kier alpha value is -3.59. The third-order valence-corrected chi connectivity index (χ3v) is 4.65. The number of fused-ring (bicyclic) bond motifs is 1. The van der Waals surface area contributed by atoms with Crippen molar-refractivity contribution in [2.24, 2.45) is 5.11 Å². The number of allylic oxidation sites excluding steroid dienone is 2. The number of rotatable bonds is 4. The molecule has 130 valence electrons. The maximum absolute atomic E-state index is 10.9. The molecule has 1 aliphatic rings. The van der Waals surface area contributed by atoms with Gasteiger partial charge in [-0.25, -0.2) is 0 Å². The fourth-order valence-electron chi connectivity index (χ4n) is 3.34. The molecule has 4 rings (SSSR count). The topological polar surface area (TPSA) is 69.0 Å². The zero-order chi connectivity index (χ0) is 18.6. The molecule has 0 aromatic heterocycles. The van der Waals surface area contributed by atoms with E-state index in [1.165, 1.54) is 0 Å². The second-order valence-electron chi connectivity index (χ2n) is 6.34. The van der Waals surface area contributed by atoms with Crippen LogP contribution in [-0.4, -0.2) is 5.11 Å². The molecule has 0 radical (unpaired) electrons. The van der Waals surface area contributed by atoms with E-state index in [1.807, 2.05) is 66.7 Å². The predicted octanol–water partition coefficient (Wildman–Crippen LogP) is 6.30. The molecule has 0 heterocycles. The molecule has 0 saturated carbocycles. The molecule has 1 unspecified atom stereocenters. The number of hydrogen-bond donors (Lipinski definition) is 1. The Morgan fingerprint density at radius 3 is 2.22 bits per heavy atom. The number of benzene rings is 3. The van der Waals surface area contributed by atoms with E-state index in [-0.39, 0.29) is 0 Å². The third-order valence-electron chi connectivity index (χ3n) is 4.65. The van der Waals surface area contributed by atoms with Gasteiger partial charge in [0.25, 0.3) is 0 Å². The van der Waals surface area contributed by atoms with Gasteiger partial charge in [-0.15, -0.1) is 0 Å². The first-order valence-electron chi connectivity index (χ1n) is 8.67. The minimum absolute atomic E-state index is 0.585. The van der Waals surface area contributed by atoms with Crippen molar-refractivity contribution in [3.63, 3.8) is 0 Å². The van der Waals surface area contributed by atoms with Gasteiger partial charge < -0.3 is 5.11 Å². The van der Waals surface area contributed by atoms with Gasteiger partial charge in [-0.05, 0) is 51.1 Å². The summed E-state index contributed by atoms with van der Waals surface area (Å²) in [7, 11) is 0. The highest BCUT2D eigenvalue weighted by Gasteiger charge is 2.24. The van der Waals surface area contributed by atoms with Crippen molar-refractivity contribution in [1.29, 1.82) is 0 Å². The van der Waals surface area contributed by atoms with Crippen molar-refractivity contribution >= 4 is 22.9 Å². The average Bonchev–Trinajstić information content (AvgIpc) is 3.08. The Bertz CT molecular complexity index is 1080. The third kappa shape index (κ3) is 3.40. The SMILES string of the molecule is [N-]=[N+]=Nc1ccc(/C=C2\C=C(C(O)c3ccccc3)c3ccccc32)cc1. The van der Waals surface area contributed by atoms with E-state index in [2.05, 4.69) is 22.2 Å². The van der Waals surface area contributed by atoms with Crippen LogP contribution in [0.1, 0.15) is 28.4 Å². The lowest BCUT2D eigenvalue weighted by Gasteiger charge is -2.13. The minimum atomic E-state index is -0.675. The van der Waals surface area contributed by atoms with Gasteiger partial charge in [0, 0.05) is 10.6 Å². The molecule has 4 heteroatoms. The Balaban J connectivity index is 1.75. The van der Waals surface area contributed by atoms with Gasteiger partial charge in [-0.2, -0.15) is 0 Å². The number of nitrogens with zero attached hydrogens (tertiary/aromatic N) is 3. The van der Waals surface area contributed by atoms with Gasteiger partial charge in [0.2, 0.25) is 0 Å². The maximum Gasteiger partial charge on any atom is 0.105 e. The van der Waals surface area contributed by atoms with Gasteiger partial charge in [0.1, 0.15) is 6.10 Å². The predicted molar refractivity (Wildman–Crippen MR) is 109 cm³/mol. The fraction of sp³-hybridized carbons (Fsp3) is 0.0435. The first-order valence-corrected chi connectivity index (χ1v) is 8.67. The van der Waals surface area contributed by atoms with Gasteiger partial charge >= 0.3 is 0 Å². The molecule has 0 amide bonds. The molecule has 1 aliphatic carbocycles. The first kappa shape index (κ1) is 16.9. The van der Waals surface area contributed by atoms with Crippen LogP contribution in [0.5, 0.6) is 0 Å². The summed E-state index contributed by atoms with van der Waals surface area (Å²) in [4.78, 5) is 2.80. The van der Waals surface area contributed by atoms with Crippen LogP contribution in [0.15, 0.2) is 90.1 Å². The highest BCUT2D eigenvalue weighted by Crippen LogP contribution is 2.42. The maximum atomic E-state index is 10.9. The number of aliphatic hydroxyl groups excluding tert-OH is 1. The van der Waals surface area contributed by atoms with Crippen LogP contribution < -0.4 is 0 Å². The van der Waals surface area contributed by atoms with Gasteiger partial charge in [0.15, 0.2) is 0 Å². The number of azide groups is 1. The summed E-state index contributed by atoms with van der Waals surface area (Å²) in [6, 6.07) is 25.2. The standard InChI is InChI=1S/C23H17N3O/c24-26-25-19-12-10-16(11-13-19)14-18-15-22(21-9-5-4-8-20(18)21)23(27)17-6-2-1-3-7-17/h1-15,23,27H/b18-14+. The van der Waals surface area contributed by atoms with Crippen molar-refractivity contribution in [2.75, 3.05) is 0 Å². The van der Waals surface area contributed by atoms with Crippen molar-refractivity contribution in [3.8, 4) is 0 Å². The minimum Gasteiger partial charge on any atom is -0.384 e. The lowest BCUT2D eigenvalue weighted by molar-refractivity contribution is 0.238. The van der Waals surface area contributed by atoms with E-state index >= 15 is 0 Å². The van der Waals surface area contributed by atoms with Crippen molar-refractivity contribution in [2.45, 2.75) is 6.10 Å². The second kappa shape index (κ2) is 7.34. The molecule has 0 spiro atoms. The summed E-state index contributed by atoms with van der Waals surface area (Å²) in [6.45, 7) is 0. The Morgan fingerprint density at radius 1 is 0.852 bits per heavy atom. The van der Waals surface area contributed by atoms with E-state index in [9.17, 15) is 5.11 Å². The summed E-state index contributed by atoms with van der Waals surface area (Å²) in [5, 5.41) is 14.5. The summed E-state index contributed by atoms with van der Waals surface area (Å²) in [5.74, 6) is 0. The molecular weight excluding hydrogens is 334 g/mol. The Morgan fingerprint density at radius 2 is 1.52 bits per heavy atom. The Kier molecular flexibility index (Phi) is 4.58. The highest BCUT2D eigenvalue weighted by atomic mass is 16.3. The van der Waals surface area contributed by atoms with Gasteiger partial charge in [-0.1, -0.05) is 84.0 Å². The number of aliphatic hydroxyl groups is 1. The number of hydrogen-bond acceptors (Lipinski definition) is 2. The average molecular weight is 351 g/mol. The molecule has 0 aliphatic heterocycles. The van der Waals surface area contributed by atoms with Crippen LogP contribution in [0.25, 0.3) is 27.7 Å². The van der Waals surface area contributed by atoms with Crippen molar-refractivity contribution in [3.05, 3.63) is 118 Å². The molecule has 3 aromatic rings. The summed E-state index contributed by atoms with van der Waals surface area (Å²) >= 11 is 0. The zero-order valence-corrected chi connectivity index (χ0v) is 14.5. The van der Waals surface area contributed by atoms with Gasteiger partial charge in [0.05, 0.1) is 0 Å². The largest absolute Gasteiger partial charge is 0.384 e. The second-order valence-corrected chi connectivity index (χ2v) is 6.34. The van der Waals surface area contributed by atoms with Crippen molar-refractivity contribution in [1.82, 2.24) is 0 Å². The van der Waals surface area contributed by atoms with E-state index < -0.39 is 6.10 Å². The first-order chi connectivity index (χ1) is 13.3. The van der Waals surface area contributed by atoms with E-state index in [0.717, 1.165) is 33.4 Å². The quantitative estimate of drug-likeness (QED) is 0.334.